The van der Waals surface area contributed by atoms with Gasteiger partial charge in [-0.05, 0) is 48.0 Å². The summed E-state index contributed by atoms with van der Waals surface area (Å²) in [5.74, 6) is -0.991. The number of fused-ring (bicyclic) bond motifs is 1. The van der Waals surface area contributed by atoms with Gasteiger partial charge in [-0.15, -0.1) is 0 Å². The molecule has 2 aromatic heterocycles. The first-order chi connectivity index (χ1) is 12.1. The van der Waals surface area contributed by atoms with E-state index in [2.05, 4.69) is 15.5 Å². The van der Waals surface area contributed by atoms with E-state index in [1.165, 1.54) is 12.3 Å². The van der Waals surface area contributed by atoms with Gasteiger partial charge < -0.3 is 9.73 Å². The van der Waals surface area contributed by atoms with Crippen molar-refractivity contribution in [3.05, 3.63) is 72.2 Å². The quantitative estimate of drug-likeness (QED) is 0.583. The Bertz CT molecular complexity index is 1070. The SMILES string of the molecule is O=C(Nc1n[nH]c2cc(-c3cc(F)ccc3F)ccc12)c1ccco1. The molecule has 2 heterocycles. The van der Waals surface area contributed by atoms with Gasteiger partial charge in [0.15, 0.2) is 11.6 Å². The second-order valence-corrected chi connectivity index (χ2v) is 5.39. The Balaban J connectivity index is 1.69. The molecule has 5 nitrogen and oxygen atoms in total. The van der Waals surface area contributed by atoms with Crippen molar-refractivity contribution in [1.82, 2.24) is 10.2 Å². The first kappa shape index (κ1) is 15.1. The number of hydrogen-bond acceptors (Lipinski definition) is 3. The topological polar surface area (TPSA) is 70.9 Å². The van der Waals surface area contributed by atoms with E-state index in [1.807, 2.05) is 0 Å². The molecule has 0 aliphatic carbocycles. The highest BCUT2D eigenvalue weighted by Gasteiger charge is 2.14. The molecule has 0 aliphatic rings. The van der Waals surface area contributed by atoms with Crippen LogP contribution in [0.3, 0.4) is 0 Å². The predicted octanol–water partition coefficient (Wildman–Crippen LogP) is 4.35. The molecule has 25 heavy (non-hydrogen) atoms. The lowest BCUT2D eigenvalue weighted by Crippen LogP contribution is -2.11. The fraction of sp³-hybridized carbons (Fsp3) is 0. The average molecular weight is 339 g/mol. The number of H-pyrrole nitrogens is 1. The van der Waals surface area contributed by atoms with Gasteiger partial charge in [0.25, 0.3) is 5.91 Å². The molecule has 4 rings (SSSR count). The van der Waals surface area contributed by atoms with Crippen molar-refractivity contribution in [1.29, 1.82) is 0 Å². The second kappa shape index (κ2) is 5.86. The molecule has 4 aromatic rings. The molecule has 0 aliphatic heterocycles. The zero-order valence-corrected chi connectivity index (χ0v) is 12.7. The number of halogens is 2. The Morgan fingerprint density at radius 1 is 1.12 bits per heavy atom. The summed E-state index contributed by atoms with van der Waals surface area (Å²) in [5, 5.41) is 10.1. The molecule has 0 saturated heterocycles. The van der Waals surface area contributed by atoms with Gasteiger partial charge in [0.1, 0.15) is 11.6 Å². The van der Waals surface area contributed by atoms with Crippen LogP contribution in [-0.2, 0) is 0 Å². The zero-order valence-electron chi connectivity index (χ0n) is 12.7. The minimum absolute atomic E-state index is 0.151. The van der Waals surface area contributed by atoms with Gasteiger partial charge in [-0.1, -0.05) is 6.07 Å². The Morgan fingerprint density at radius 3 is 2.80 bits per heavy atom. The van der Waals surface area contributed by atoms with Crippen molar-refractivity contribution in [3.63, 3.8) is 0 Å². The number of aromatic nitrogens is 2. The lowest BCUT2D eigenvalue weighted by atomic mass is 10.0. The van der Waals surface area contributed by atoms with E-state index in [4.69, 9.17) is 4.42 Å². The van der Waals surface area contributed by atoms with Crippen molar-refractivity contribution < 1.29 is 18.0 Å². The number of carbonyl (C=O) groups is 1. The summed E-state index contributed by atoms with van der Waals surface area (Å²) in [6, 6.07) is 11.4. The van der Waals surface area contributed by atoms with Gasteiger partial charge in [0.05, 0.1) is 11.8 Å². The monoisotopic (exact) mass is 339 g/mol. The fourth-order valence-electron chi connectivity index (χ4n) is 2.58. The maximum atomic E-state index is 13.9. The summed E-state index contributed by atoms with van der Waals surface area (Å²) in [6.07, 6.45) is 1.40. The lowest BCUT2D eigenvalue weighted by Gasteiger charge is -2.04. The third-order valence-corrected chi connectivity index (χ3v) is 3.78. The molecule has 7 heteroatoms. The molecule has 0 bridgehead atoms. The fourth-order valence-corrected chi connectivity index (χ4v) is 2.58. The molecule has 0 radical (unpaired) electrons. The summed E-state index contributed by atoms with van der Waals surface area (Å²) < 4.78 is 32.3. The Morgan fingerprint density at radius 2 is 2.00 bits per heavy atom. The van der Waals surface area contributed by atoms with Gasteiger partial charge >= 0.3 is 0 Å². The van der Waals surface area contributed by atoms with Crippen LogP contribution < -0.4 is 5.32 Å². The molecule has 1 amide bonds. The molecule has 0 saturated carbocycles. The summed E-state index contributed by atoms with van der Waals surface area (Å²) >= 11 is 0. The van der Waals surface area contributed by atoms with Crippen LogP contribution in [0.5, 0.6) is 0 Å². The van der Waals surface area contributed by atoms with Crippen LogP contribution in [0.15, 0.2) is 59.2 Å². The number of nitrogens with zero attached hydrogens (tertiary/aromatic N) is 1. The van der Waals surface area contributed by atoms with E-state index in [0.717, 1.165) is 18.2 Å². The molecular formula is C18H11F2N3O2. The van der Waals surface area contributed by atoms with E-state index in [-0.39, 0.29) is 11.3 Å². The lowest BCUT2D eigenvalue weighted by molar-refractivity contribution is 0.0996. The van der Waals surface area contributed by atoms with Crippen LogP contribution in [-0.4, -0.2) is 16.1 Å². The molecule has 2 aromatic carbocycles. The number of anilines is 1. The first-order valence-corrected chi connectivity index (χ1v) is 7.40. The number of benzene rings is 2. The smallest absolute Gasteiger partial charge is 0.292 e. The predicted molar refractivity (Wildman–Crippen MR) is 88.1 cm³/mol. The van der Waals surface area contributed by atoms with Crippen LogP contribution in [0.2, 0.25) is 0 Å². The van der Waals surface area contributed by atoms with Crippen molar-refractivity contribution >= 4 is 22.6 Å². The van der Waals surface area contributed by atoms with Crippen LogP contribution in [0.1, 0.15) is 10.6 Å². The normalized spacial score (nSPS) is 11.0. The molecule has 0 unspecified atom stereocenters. The molecule has 124 valence electrons. The third-order valence-electron chi connectivity index (χ3n) is 3.78. The Kier molecular flexibility index (Phi) is 3.53. The maximum absolute atomic E-state index is 13.9. The van der Waals surface area contributed by atoms with Gasteiger partial charge in [-0.25, -0.2) is 8.78 Å². The first-order valence-electron chi connectivity index (χ1n) is 7.40. The largest absolute Gasteiger partial charge is 0.459 e. The highest BCUT2D eigenvalue weighted by molar-refractivity contribution is 6.06. The van der Waals surface area contributed by atoms with Gasteiger partial charge in [0, 0.05) is 10.9 Å². The van der Waals surface area contributed by atoms with Gasteiger partial charge in [0.2, 0.25) is 0 Å². The summed E-state index contributed by atoms with van der Waals surface area (Å²) in [4.78, 5) is 12.0. The number of furan rings is 1. The Hall–Kier alpha value is -3.48. The van der Waals surface area contributed by atoms with E-state index in [1.54, 1.807) is 24.3 Å². The third kappa shape index (κ3) is 2.76. The van der Waals surface area contributed by atoms with Crippen LogP contribution in [0, 0.1) is 11.6 Å². The van der Waals surface area contributed by atoms with E-state index in [0.29, 0.717) is 22.3 Å². The number of rotatable bonds is 3. The highest BCUT2D eigenvalue weighted by atomic mass is 19.1. The average Bonchev–Trinajstić information content (AvgIpc) is 3.27. The molecule has 2 N–H and O–H groups in total. The van der Waals surface area contributed by atoms with E-state index >= 15 is 0 Å². The second-order valence-electron chi connectivity index (χ2n) is 5.39. The van der Waals surface area contributed by atoms with E-state index < -0.39 is 17.5 Å². The van der Waals surface area contributed by atoms with E-state index in [9.17, 15) is 13.6 Å². The number of aromatic amines is 1. The summed E-state index contributed by atoms with van der Waals surface area (Å²) in [6.45, 7) is 0. The standard InChI is InChI=1S/C18H11F2N3O2/c19-11-4-6-14(20)13(9-11)10-3-5-12-15(8-10)22-23-17(12)21-18(24)16-2-1-7-25-16/h1-9H,(H2,21,22,23,24). The van der Waals surface area contributed by atoms with Gasteiger partial charge in [-0.3, -0.25) is 9.89 Å². The Labute approximate surface area is 140 Å². The van der Waals surface area contributed by atoms with Crippen molar-refractivity contribution in [2.24, 2.45) is 0 Å². The maximum Gasteiger partial charge on any atom is 0.292 e. The molecule has 0 fully saturated rings. The van der Waals surface area contributed by atoms with Crippen molar-refractivity contribution in [3.8, 4) is 11.1 Å². The van der Waals surface area contributed by atoms with Crippen LogP contribution in [0.25, 0.3) is 22.0 Å². The number of hydrogen-bond donors (Lipinski definition) is 2. The highest BCUT2D eigenvalue weighted by Crippen LogP contribution is 2.29. The minimum atomic E-state index is -0.522. The van der Waals surface area contributed by atoms with Crippen molar-refractivity contribution in [2.75, 3.05) is 5.32 Å². The van der Waals surface area contributed by atoms with Gasteiger partial charge in [-0.2, -0.15) is 5.10 Å². The summed E-state index contributed by atoms with van der Waals surface area (Å²) in [7, 11) is 0. The summed E-state index contributed by atoms with van der Waals surface area (Å²) in [5.41, 5.74) is 1.23. The molecule has 0 atom stereocenters. The molecular weight excluding hydrogens is 328 g/mol. The number of nitrogens with one attached hydrogen (secondary N) is 2. The number of carbonyl (C=O) groups excluding carboxylic acids is 1. The zero-order chi connectivity index (χ0) is 17.4. The van der Waals surface area contributed by atoms with Crippen LogP contribution >= 0.6 is 0 Å². The van der Waals surface area contributed by atoms with Crippen molar-refractivity contribution in [2.45, 2.75) is 0 Å². The minimum Gasteiger partial charge on any atom is -0.459 e. The van der Waals surface area contributed by atoms with Crippen LogP contribution in [0.4, 0.5) is 14.6 Å². The number of amides is 1. The molecule has 0 spiro atoms.